The molecular weight excluding hydrogens is 200 g/mol. The van der Waals surface area contributed by atoms with Crippen molar-refractivity contribution >= 4 is 0 Å². The Balaban J connectivity index is 2.28. The van der Waals surface area contributed by atoms with Crippen molar-refractivity contribution in [2.45, 2.75) is 32.7 Å². The van der Waals surface area contributed by atoms with Crippen molar-refractivity contribution in [1.82, 2.24) is 10.3 Å². The van der Waals surface area contributed by atoms with E-state index in [9.17, 15) is 0 Å². The molecule has 1 heterocycles. The van der Waals surface area contributed by atoms with Crippen molar-refractivity contribution in [3.63, 3.8) is 0 Å². The van der Waals surface area contributed by atoms with E-state index in [1.807, 2.05) is 24.5 Å². The molecule has 0 saturated heterocycles. The maximum atomic E-state index is 8.95. The van der Waals surface area contributed by atoms with E-state index in [-0.39, 0.29) is 6.61 Å². The predicted molar refractivity (Wildman–Crippen MR) is 66.3 cm³/mol. The highest BCUT2D eigenvalue weighted by atomic mass is 16.3. The molecule has 0 aromatic carbocycles. The number of hydrogen-bond acceptors (Lipinski definition) is 3. The van der Waals surface area contributed by atoms with Crippen LogP contribution in [0.1, 0.15) is 25.8 Å². The summed E-state index contributed by atoms with van der Waals surface area (Å²) in [6, 6.07) is 4.49. The zero-order chi connectivity index (χ0) is 11.8. The van der Waals surface area contributed by atoms with Crippen LogP contribution in [0.15, 0.2) is 24.5 Å². The Kier molecular flexibility index (Phi) is 6.04. The van der Waals surface area contributed by atoms with Crippen LogP contribution in [0.4, 0.5) is 0 Å². The fourth-order valence-electron chi connectivity index (χ4n) is 1.76. The van der Waals surface area contributed by atoms with Crippen LogP contribution in [0.5, 0.6) is 0 Å². The summed E-state index contributed by atoms with van der Waals surface area (Å²) in [7, 11) is 0. The molecule has 0 radical (unpaired) electrons. The topological polar surface area (TPSA) is 45.1 Å². The van der Waals surface area contributed by atoms with E-state index >= 15 is 0 Å². The van der Waals surface area contributed by atoms with Crippen molar-refractivity contribution in [3.8, 4) is 0 Å². The van der Waals surface area contributed by atoms with Gasteiger partial charge in [0.1, 0.15) is 0 Å². The molecule has 0 aliphatic carbocycles. The minimum Gasteiger partial charge on any atom is -0.396 e. The van der Waals surface area contributed by atoms with Gasteiger partial charge in [0.05, 0.1) is 0 Å². The Labute approximate surface area is 97.9 Å². The molecular formula is C13H22N2O. The van der Waals surface area contributed by atoms with Crippen LogP contribution < -0.4 is 5.32 Å². The van der Waals surface area contributed by atoms with E-state index in [2.05, 4.69) is 24.1 Å². The van der Waals surface area contributed by atoms with E-state index in [0.717, 1.165) is 19.4 Å². The highest BCUT2D eigenvalue weighted by Gasteiger charge is 2.11. The lowest BCUT2D eigenvalue weighted by Crippen LogP contribution is -2.36. The molecule has 1 aromatic rings. The van der Waals surface area contributed by atoms with Gasteiger partial charge in [0, 0.05) is 25.0 Å². The zero-order valence-electron chi connectivity index (χ0n) is 10.2. The molecule has 90 valence electrons. The Morgan fingerprint density at radius 3 is 2.56 bits per heavy atom. The van der Waals surface area contributed by atoms with Crippen molar-refractivity contribution in [3.05, 3.63) is 30.1 Å². The van der Waals surface area contributed by atoms with Crippen LogP contribution in [-0.2, 0) is 6.42 Å². The minimum absolute atomic E-state index is 0.255. The predicted octanol–water partition coefficient (Wildman–Crippen LogP) is 1.62. The highest BCUT2D eigenvalue weighted by molar-refractivity contribution is 5.09. The number of aliphatic hydroxyl groups excluding tert-OH is 1. The molecule has 0 spiro atoms. The number of aromatic nitrogens is 1. The summed E-state index contributed by atoms with van der Waals surface area (Å²) in [5.74, 6) is 0.560. The van der Waals surface area contributed by atoms with Gasteiger partial charge < -0.3 is 10.4 Å². The third-order valence-electron chi connectivity index (χ3n) is 2.81. The molecule has 0 fully saturated rings. The molecule has 16 heavy (non-hydrogen) atoms. The first-order valence-corrected chi connectivity index (χ1v) is 5.97. The maximum Gasteiger partial charge on any atom is 0.0445 e. The quantitative estimate of drug-likeness (QED) is 0.737. The summed E-state index contributed by atoms with van der Waals surface area (Å²) < 4.78 is 0. The van der Waals surface area contributed by atoms with Crippen molar-refractivity contribution in [2.24, 2.45) is 5.92 Å². The zero-order valence-corrected chi connectivity index (χ0v) is 10.2. The summed E-state index contributed by atoms with van der Waals surface area (Å²) in [6.07, 6.45) is 5.48. The summed E-state index contributed by atoms with van der Waals surface area (Å²) in [5, 5.41) is 12.4. The van der Waals surface area contributed by atoms with Crippen molar-refractivity contribution in [1.29, 1.82) is 0 Å². The Bertz CT molecular complexity index is 275. The average Bonchev–Trinajstić information content (AvgIpc) is 2.29. The standard InChI is InChI=1S/C13H22N2O/c1-11(2)13(6-10-16)15-9-5-12-3-7-14-8-4-12/h3-4,7-8,11,13,15-16H,5-6,9-10H2,1-2H3. The van der Waals surface area contributed by atoms with Gasteiger partial charge in [-0.1, -0.05) is 13.8 Å². The third-order valence-corrected chi connectivity index (χ3v) is 2.81. The molecule has 3 nitrogen and oxygen atoms in total. The lowest BCUT2D eigenvalue weighted by molar-refractivity contribution is 0.245. The minimum atomic E-state index is 0.255. The molecule has 0 saturated carbocycles. The van der Waals surface area contributed by atoms with E-state index in [0.29, 0.717) is 12.0 Å². The molecule has 0 bridgehead atoms. The van der Waals surface area contributed by atoms with Crippen LogP contribution in [0.25, 0.3) is 0 Å². The highest BCUT2D eigenvalue weighted by Crippen LogP contribution is 2.05. The number of nitrogens with zero attached hydrogens (tertiary/aromatic N) is 1. The first-order valence-electron chi connectivity index (χ1n) is 5.97. The Morgan fingerprint density at radius 2 is 2.00 bits per heavy atom. The van der Waals surface area contributed by atoms with Crippen LogP contribution in [0.2, 0.25) is 0 Å². The second kappa shape index (κ2) is 7.36. The third kappa shape index (κ3) is 4.73. The number of rotatable bonds is 7. The largest absolute Gasteiger partial charge is 0.396 e. The van der Waals surface area contributed by atoms with Gasteiger partial charge in [-0.2, -0.15) is 0 Å². The van der Waals surface area contributed by atoms with Crippen LogP contribution in [0.3, 0.4) is 0 Å². The lowest BCUT2D eigenvalue weighted by Gasteiger charge is -2.21. The van der Waals surface area contributed by atoms with Crippen molar-refractivity contribution in [2.75, 3.05) is 13.2 Å². The fourth-order valence-corrected chi connectivity index (χ4v) is 1.76. The van der Waals surface area contributed by atoms with Gasteiger partial charge in [-0.05, 0) is 43.0 Å². The monoisotopic (exact) mass is 222 g/mol. The molecule has 1 atom stereocenters. The first kappa shape index (κ1) is 13.1. The van der Waals surface area contributed by atoms with Crippen molar-refractivity contribution < 1.29 is 5.11 Å². The number of hydrogen-bond donors (Lipinski definition) is 2. The van der Waals surface area contributed by atoms with Gasteiger partial charge in [-0.3, -0.25) is 4.98 Å². The van der Waals surface area contributed by atoms with Crippen LogP contribution in [-0.4, -0.2) is 29.3 Å². The molecule has 2 N–H and O–H groups in total. The average molecular weight is 222 g/mol. The Morgan fingerprint density at radius 1 is 1.31 bits per heavy atom. The van der Waals surface area contributed by atoms with E-state index in [1.54, 1.807) is 0 Å². The molecule has 0 aliphatic rings. The number of pyridine rings is 1. The first-order chi connectivity index (χ1) is 7.74. The Hall–Kier alpha value is -0.930. The van der Waals surface area contributed by atoms with Crippen LogP contribution in [0, 0.1) is 5.92 Å². The van der Waals surface area contributed by atoms with Gasteiger partial charge in [-0.25, -0.2) is 0 Å². The number of nitrogens with one attached hydrogen (secondary N) is 1. The summed E-state index contributed by atoms with van der Waals surface area (Å²) in [6.45, 7) is 5.57. The number of aliphatic hydroxyl groups is 1. The summed E-state index contributed by atoms with van der Waals surface area (Å²) >= 11 is 0. The normalized spacial score (nSPS) is 13.0. The fraction of sp³-hybridized carbons (Fsp3) is 0.615. The van der Waals surface area contributed by atoms with E-state index in [1.165, 1.54) is 5.56 Å². The second-order valence-electron chi connectivity index (χ2n) is 4.42. The van der Waals surface area contributed by atoms with E-state index in [4.69, 9.17) is 5.11 Å². The molecule has 1 unspecified atom stereocenters. The lowest BCUT2D eigenvalue weighted by atomic mass is 10.0. The second-order valence-corrected chi connectivity index (χ2v) is 4.42. The van der Waals surface area contributed by atoms with Gasteiger partial charge in [0.25, 0.3) is 0 Å². The maximum absolute atomic E-state index is 8.95. The van der Waals surface area contributed by atoms with Gasteiger partial charge in [0.15, 0.2) is 0 Å². The van der Waals surface area contributed by atoms with Gasteiger partial charge in [0.2, 0.25) is 0 Å². The molecule has 1 aromatic heterocycles. The molecule has 0 aliphatic heterocycles. The molecule has 3 heteroatoms. The van der Waals surface area contributed by atoms with Gasteiger partial charge >= 0.3 is 0 Å². The molecule has 0 amide bonds. The van der Waals surface area contributed by atoms with Gasteiger partial charge in [-0.15, -0.1) is 0 Å². The summed E-state index contributed by atoms with van der Waals surface area (Å²) in [5.41, 5.74) is 1.30. The molecule has 1 rings (SSSR count). The summed E-state index contributed by atoms with van der Waals surface area (Å²) in [4.78, 5) is 3.99. The SMILES string of the molecule is CC(C)C(CCO)NCCc1ccncc1. The van der Waals surface area contributed by atoms with E-state index < -0.39 is 0 Å². The van der Waals surface area contributed by atoms with Crippen LogP contribution >= 0.6 is 0 Å². The smallest absolute Gasteiger partial charge is 0.0445 e.